The highest BCUT2D eigenvalue weighted by atomic mass is 16.2. The molecule has 0 fully saturated rings. The van der Waals surface area contributed by atoms with Gasteiger partial charge >= 0.3 is 6.03 Å². The number of nitrogens with one attached hydrogen (secondary N) is 2. The summed E-state index contributed by atoms with van der Waals surface area (Å²) in [6.45, 7) is 3.26. The van der Waals surface area contributed by atoms with Gasteiger partial charge < -0.3 is 15.2 Å². The molecule has 5 heteroatoms. The predicted molar refractivity (Wildman–Crippen MR) is 70.4 cm³/mol. The van der Waals surface area contributed by atoms with Crippen molar-refractivity contribution < 1.29 is 4.79 Å². The van der Waals surface area contributed by atoms with Crippen LogP contribution in [0.5, 0.6) is 0 Å². The van der Waals surface area contributed by atoms with E-state index in [2.05, 4.69) is 15.6 Å². The van der Waals surface area contributed by atoms with Crippen LogP contribution in [0.1, 0.15) is 5.56 Å². The summed E-state index contributed by atoms with van der Waals surface area (Å²) in [4.78, 5) is 15.5. The molecule has 1 aromatic carbocycles. The van der Waals surface area contributed by atoms with Crippen LogP contribution in [0.15, 0.2) is 43.0 Å². The lowest BCUT2D eigenvalue weighted by molar-refractivity contribution is 0.251. The molecule has 2 amide bonds. The first-order valence-electron chi connectivity index (χ1n) is 5.81. The molecule has 0 saturated heterocycles. The van der Waals surface area contributed by atoms with Gasteiger partial charge in [0.15, 0.2) is 0 Å². The van der Waals surface area contributed by atoms with Gasteiger partial charge in [0.05, 0.1) is 6.33 Å². The maximum Gasteiger partial charge on any atom is 0.319 e. The van der Waals surface area contributed by atoms with E-state index in [1.54, 1.807) is 12.5 Å². The zero-order valence-corrected chi connectivity index (χ0v) is 10.3. The fraction of sp³-hybridized carbons (Fsp3) is 0.231. The maximum absolute atomic E-state index is 11.6. The molecule has 1 heterocycles. The second-order valence-electron chi connectivity index (χ2n) is 4.05. The highest BCUT2D eigenvalue weighted by Crippen LogP contribution is 2.08. The number of imidazole rings is 1. The number of benzene rings is 1. The van der Waals surface area contributed by atoms with Gasteiger partial charge in [-0.05, 0) is 24.6 Å². The Labute approximate surface area is 106 Å². The molecule has 0 spiro atoms. The number of aryl methyl sites for hydroxylation is 1. The number of aromatic nitrogens is 2. The topological polar surface area (TPSA) is 59.0 Å². The van der Waals surface area contributed by atoms with Crippen molar-refractivity contribution in [1.82, 2.24) is 14.9 Å². The number of amides is 2. The van der Waals surface area contributed by atoms with Crippen LogP contribution in [-0.4, -0.2) is 22.1 Å². The van der Waals surface area contributed by atoms with Gasteiger partial charge in [0, 0.05) is 31.2 Å². The minimum Gasteiger partial charge on any atom is -0.336 e. The lowest BCUT2D eigenvalue weighted by Crippen LogP contribution is -2.31. The molecular weight excluding hydrogens is 228 g/mol. The number of rotatable bonds is 4. The van der Waals surface area contributed by atoms with E-state index in [1.165, 1.54) is 0 Å². The molecule has 2 N–H and O–H groups in total. The Hall–Kier alpha value is -2.30. The Balaban J connectivity index is 1.75. The lowest BCUT2D eigenvalue weighted by Gasteiger charge is -2.08. The van der Waals surface area contributed by atoms with Crippen LogP contribution in [0, 0.1) is 6.92 Å². The summed E-state index contributed by atoms with van der Waals surface area (Å²) in [6, 6.07) is 7.50. The number of anilines is 1. The van der Waals surface area contributed by atoms with Crippen molar-refractivity contribution >= 4 is 11.7 Å². The zero-order valence-electron chi connectivity index (χ0n) is 10.3. The van der Waals surface area contributed by atoms with E-state index in [9.17, 15) is 4.79 Å². The van der Waals surface area contributed by atoms with Crippen molar-refractivity contribution in [2.45, 2.75) is 13.5 Å². The fourth-order valence-corrected chi connectivity index (χ4v) is 1.62. The molecular formula is C13H16N4O. The summed E-state index contributed by atoms with van der Waals surface area (Å²) in [7, 11) is 0. The third-order valence-corrected chi connectivity index (χ3v) is 2.49. The summed E-state index contributed by atoms with van der Waals surface area (Å²) in [5.41, 5.74) is 1.92. The fourth-order valence-electron chi connectivity index (χ4n) is 1.62. The van der Waals surface area contributed by atoms with Crippen LogP contribution in [0.4, 0.5) is 10.5 Å². The van der Waals surface area contributed by atoms with Crippen LogP contribution < -0.4 is 10.6 Å². The van der Waals surface area contributed by atoms with E-state index in [4.69, 9.17) is 0 Å². The average molecular weight is 244 g/mol. The van der Waals surface area contributed by atoms with Crippen molar-refractivity contribution in [1.29, 1.82) is 0 Å². The Morgan fingerprint density at radius 3 is 3.06 bits per heavy atom. The second-order valence-corrected chi connectivity index (χ2v) is 4.05. The summed E-state index contributed by atoms with van der Waals surface area (Å²) in [6.07, 6.45) is 5.30. The van der Waals surface area contributed by atoms with Gasteiger partial charge in [-0.15, -0.1) is 0 Å². The number of nitrogens with zero attached hydrogens (tertiary/aromatic N) is 2. The summed E-state index contributed by atoms with van der Waals surface area (Å²) in [5.74, 6) is 0. The van der Waals surface area contributed by atoms with Crippen LogP contribution in [0.2, 0.25) is 0 Å². The van der Waals surface area contributed by atoms with Crippen molar-refractivity contribution in [3.8, 4) is 0 Å². The Morgan fingerprint density at radius 1 is 1.44 bits per heavy atom. The summed E-state index contributed by atoms with van der Waals surface area (Å²) in [5, 5.41) is 5.58. The molecule has 0 bridgehead atoms. The normalized spacial score (nSPS) is 10.1. The average Bonchev–Trinajstić information content (AvgIpc) is 2.82. The smallest absolute Gasteiger partial charge is 0.319 e. The quantitative estimate of drug-likeness (QED) is 0.864. The Bertz CT molecular complexity index is 507. The standard InChI is InChI=1S/C13H16N4O/c1-11-3-2-4-12(9-11)16-13(18)15-6-8-17-7-5-14-10-17/h2-5,7,9-10H,6,8H2,1H3,(H2,15,16,18). The maximum atomic E-state index is 11.6. The minimum atomic E-state index is -0.194. The van der Waals surface area contributed by atoms with E-state index in [0.717, 1.165) is 11.3 Å². The first-order valence-corrected chi connectivity index (χ1v) is 5.81. The molecule has 0 unspecified atom stereocenters. The third-order valence-electron chi connectivity index (χ3n) is 2.49. The number of carbonyl (C=O) groups is 1. The third kappa shape index (κ3) is 3.62. The Kier molecular flexibility index (Phi) is 3.96. The van der Waals surface area contributed by atoms with Gasteiger partial charge in [-0.2, -0.15) is 0 Å². The molecule has 18 heavy (non-hydrogen) atoms. The Morgan fingerprint density at radius 2 is 2.33 bits per heavy atom. The van der Waals surface area contributed by atoms with Gasteiger partial charge in [0.25, 0.3) is 0 Å². The predicted octanol–water partition coefficient (Wildman–Crippen LogP) is 2.01. The molecule has 0 saturated carbocycles. The highest BCUT2D eigenvalue weighted by molar-refractivity contribution is 5.89. The van der Waals surface area contributed by atoms with E-state index >= 15 is 0 Å². The zero-order chi connectivity index (χ0) is 12.8. The molecule has 94 valence electrons. The van der Waals surface area contributed by atoms with E-state index in [0.29, 0.717) is 13.1 Å². The number of hydrogen-bond donors (Lipinski definition) is 2. The van der Waals surface area contributed by atoms with Crippen LogP contribution in [-0.2, 0) is 6.54 Å². The molecule has 5 nitrogen and oxygen atoms in total. The second kappa shape index (κ2) is 5.86. The molecule has 0 atom stereocenters. The molecule has 2 aromatic rings. The lowest BCUT2D eigenvalue weighted by atomic mass is 10.2. The summed E-state index contributed by atoms with van der Waals surface area (Å²) < 4.78 is 1.91. The van der Waals surface area contributed by atoms with Gasteiger partial charge in [-0.25, -0.2) is 9.78 Å². The van der Waals surface area contributed by atoms with Crippen molar-refractivity contribution in [2.75, 3.05) is 11.9 Å². The van der Waals surface area contributed by atoms with Gasteiger partial charge in [-0.3, -0.25) is 0 Å². The first kappa shape index (κ1) is 12.2. The first-order chi connectivity index (χ1) is 8.74. The molecule has 0 aliphatic heterocycles. The van der Waals surface area contributed by atoms with Crippen molar-refractivity contribution in [3.63, 3.8) is 0 Å². The summed E-state index contributed by atoms with van der Waals surface area (Å²) >= 11 is 0. The van der Waals surface area contributed by atoms with Crippen molar-refractivity contribution in [3.05, 3.63) is 48.5 Å². The largest absolute Gasteiger partial charge is 0.336 e. The van der Waals surface area contributed by atoms with Crippen LogP contribution >= 0.6 is 0 Å². The molecule has 0 aliphatic carbocycles. The van der Waals surface area contributed by atoms with Gasteiger partial charge in [-0.1, -0.05) is 12.1 Å². The molecule has 0 radical (unpaired) electrons. The minimum absolute atomic E-state index is 0.194. The van der Waals surface area contributed by atoms with Gasteiger partial charge in [0.2, 0.25) is 0 Å². The molecule has 2 rings (SSSR count). The SMILES string of the molecule is Cc1cccc(NC(=O)NCCn2ccnc2)c1. The van der Waals surface area contributed by atoms with Gasteiger partial charge in [0.1, 0.15) is 0 Å². The van der Waals surface area contributed by atoms with Crippen LogP contribution in [0.3, 0.4) is 0 Å². The van der Waals surface area contributed by atoms with E-state index in [-0.39, 0.29) is 6.03 Å². The van der Waals surface area contributed by atoms with E-state index < -0.39 is 0 Å². The highest BCUT2D eigenvalue weighted by Gasteiger charge is 2.00. The monoisotopic (exact) mass is 244 g/mol. The van der Waals surface area contributed by atoms with E-state index in [1.807, 2.05) is 42.0 Å². The molecule has 0 aliphatic rings. The number of urea groups is 1. The molecule has 1 aromatic heterocycles. The van der Waals surface area contributed by atoms with Crippen LogP contribution in [0.25, 0.3) is 0 Å². The van der Waals surface area contributed by atoms with Crippen molar-refractivity contribution in [2.24, 2.45) is 0 Å². The number of carbonyl (C=O) groups excluding carboxylic acids is 1. The number of hydrogen-bond acceptors (Lipinski definition) is 2.